The van der Waals surface area contributed by atoms with Gasteiger partial charge in [-0.05, 0) is 42.2 Å². The van der Waals surface area contributed by atoms with Gasteiger partial charge in [0.1, 0.15) is 11.9 Å². The maximum Gasteiger partial charge on any atom is 0.249 e. The fraction of sp³-hybridized carbons (Fsp3) is 0.484. The number of aliphatic hydroxyl groups is 1. The molecule has 1 aliphatic carbocycles. The van der Waals surface area contributed by atoms with Crippen LogP contribution in [-0.4, -0.2) is 70.8 Å². The molecule has 10 nitrogen and oxygen atoms in total. The van der Waals surface area contributed by atoms with Crippen molar-refractivity contribution in [1.82, 2.24) is 20.1 Å². The van der Waals surface area contributed by atoms with Gasteiger partial charge in [0.2, 0.25) is 11.8 Å². The standard InChI is InChI=1S/C31H35F3N6O4S/c1-19(2)25(16-35)37-30(42)24-15-31(33,34)10-9-23(24)29-28(26(18-41)40(38-29)27-8-5-21(32)17-36-27)20-3-6-22(7-4-20)39-11-13-45(43,44)14-12-39/h3-8,17,19,23-25,41H,9-15,18H2,1-2H3,(H,37,42). The molecule has 1 aliphatic heterocycles. The van der Waals surface area contributed by atoms with Crippen LogP contribution in [0.4, 0.5) is 18.9 Å². The normalized spacial score (nSPS) is 21.7. The molecule has 3 atom stereocenters. The van der Waals surface area contributed by atoms with E-state index in [4.69, 9.17) is 5.10 Å². The molecule has 3 heterocycles. The van der Waals surface area contributed by atoms with E-state index in [9.17, 15) is 36.8 Å². The van der Waals surface area contributed by atoms with Crippen molar-refractivity contribution in [2.45, 2.75) is 57.6 Å². The van der Waals surface area contributed by atoms with Crippen molar-refractivity contribution in [2.24, 2.45) is 11.8 Å². The van der Waals surface area contributed by atoms with Crippen molar-refractivity contribution in [2.75, 3.05) is 29.5 Å². The molecule has 2 aliphatic rings. The predicted octanol–water partition coefficient (Wildman–Crippen LogP) is 3.98. The molecular formula is C31H35F3N6O4S. The molecule has 1 amide bonds. The van der Waals surface area contributed by atoms with Crippen LogP contribution in [0.2, 0.25) is 0 Å². The molecule has 2 N–H and O–H groups in total. The van der Waals surface area contributed by atoms with Crippen LogP contribution in [0.5, 0.6) is 0 Å². The average molecular weight is 645 g/mol. The second-order valence-corrected chi connectivity index (χ2v) is 14.3. The molecule has 3 aromatic rings. The number of hydrogen-bond acceptors (Lipinski definition) is 8. The number of nitriles is 1. The Bertz CT molecular complexity index is 1670. The topological polar surface area (TPSA) is 141 Å². The van der Waals surface area contributed by atoms with Crippen LogP contribution in [0.1, 0.15) is 50.4 Å². The highest BCUT2D eigenvalue weighted by Crippen LogP contribution is 2.48. The number of benzene rings is 1. The van der Waals surface area contributed by atoms with Gasteiger partial charge in [-0.2, -0.15) is 10.4 Å². The Labute approximate surface area is 259 Å². The summed E-state index contributed by atoms with van der Waals surface area (Å²) in [5.41, 5.74) is 2.39. The van der Waals surface area contributed by atoms with Gasteiger partial charge in [-0.1, -0.05) is 26.0 Å². The molecule has 0 bridgehead atoms. The smallest absolute Gasteiger partial charge is 0.249 e. The molecule has 240 valence electrons. The fourth-order valence-electron chi connectivity index (χ4n) is 6.03. The van der Waals surface area contributed by atoms with E-state index >= 15 is 0 Å². The summed E-state index contributed by atoms with van der Waals surface area (Å²) in [5.74, 6) is -6.37. The molecule has 3 unspecified atom stereocenters. The molecule has 2 aromatic heterocycles. The second-order valence-electron chi connectivity index (χ2n) is 12.0. The second kappa shape index (κ2) is 12.8. The first-order chi connectivity index (χ1) is 21.3. The number of halogens is 3. The third kappa shape index (κ3) is 6.99. The third-order valence-corrected chi connectivity index (χ3v) is 10.2. The van der Waals surface area contributed by atoms with Gasteiger partial charge in [-0.3, -0.25) is 4.79 Å². The van der Waals surface area contributed by atoms with Gasteiger partial charge in [0, 0.05) is 43.1 Å². The Morgan fingerprint density at radius 3 is 2.44 bits per heavy atom. The summed E-state index contributed by atoms with van der Waals surface area (Å²) in [7, 11) is -3.08. The first kappa shape index (κ1) is 32.4. The number of nitrogens with zero attached hydrogens (tertiary/aromatic N) is 5. The summed E-state index contributed by atoms with van der Waals surface area (Å²) in [5, 5.41) is 27.5. The van der Waals surface area contributed by atoms with E-state index in [0.717, 1.165) is 11.9 Å². The highest BCUT2D eigenvalue weighted by molar-refractivity contribution is 7.91. The number of aromatic nitrogens is 3. The summed E-state index contributed by atoms with van der Waals surface area (Å²) in [4.78, 5) is 19.6. The Kier molecular flexibility index (Phi) is 9.23. The number of hydrogen-bond donors (Lipinski definition) is 2. The lowest BCUT2D eigenvalue weighted by molar-refractivity contribution is -0.134. The van der Waals surface area contributed by atoms with Crippen LogP contribution in [0, 0.1) is 29.0 Å². The van der Waals surface area contributed by atoms with E-state index in [1.165, 1.54) is 16.8 Å². The van der Waals surface area contributed by atoms with Crippen molar-refractivity contribution < 1.29 is 31.5 Å². The average Bonchev–Trinajstić information content (AvgIpc) is 3.39. The number of carbonyl (C=O) groups excluding carboxylic acids is 1. The molecular weight excluding hydrogens is 609 g/mol. The van der Waals surface area contributed by atoms with Crippen LogP contribution in [0.25, 0.3) is 16.9 Å². The highest BCUT2D eigenvalue weighted by atomic mass is 32.2. The van der Waals surface area contributed by atoms with Crippen LogP contribution in [-0.2, 0) is 21.2 Å². The molecule has 1 aromatic carbocycles. The number of aliphatic hydroxyl groups excluding tert-OH is 1. The predicted molar refractivity (Wildman–Crippen MR) is 161 cm³/mol. The number of carbonyl (C=O) groups is 1. The maximum atomic E-state index is 14.8. The van der Waals surface area contributed by atoms with Crippen molar-refractivity contribution >= 4 is 21.4 Å². The lowest BCUT2D eigenvalue weighted by atomic mass is 9.73. The van der Waals surface area contributed by atoms with Crippen molar-refractivity contribution in [1.29, 1.82) is 5.26 Å². The Morgan fingerprint density at radius 1 is 1.18 bits per heavy atom. The van der Waals surface area contributed by atoms with Crippen LogP contribution >= 0.6 is 0 Å². The lowest BCUT2D eigenvalue weighted by Gasteiger charge is -2.35. The highest BCUT2D eigenvalue weighted by Gasteiger charge is 2.47. The maximum absolute atomic E-state index is 14.8. The summed E-state index contributed by atoms with van der Waals surface area (Å²) >= 11 is 0. The van der Waals surface area contributed by atoms with Gasteiger partial charge in [0.25, 0.3) is 0 Å². The number of rotatable bonds is 8. The van der Waals surface area contributed by atoms with Gasteiger partial charge in [-0.25, -0.2) is 31.3 Å². The summed E-state index contributed by atoms with van der Waals surface area (Å²) in [6.07, 6.45) is -0.321. The third-order valence-electron chi connectivity index (χ3n) is 8.57. The molecule has 14 heteroatoms. The van der Waals surface area contributed by atoms with E-state index in [1.54, 1.807) is 26.0 Å². The number of alkyl halides is 2. The minimum atomic E-state index is -3.11. The first-order valence-corrected chi connectivity index (χ1v) is 16.6. The number of pyridine rings is 1. The van der Waals surface area contributed by atoms with E-state index in [1.807, 2.05) is 23.1 Å². The minimum Gasteiger partial charge on any atom is -0.390 e. The number of sulfone groups is 1. The minimum absolute atomic E-state index is 0.0459. The zero-order valence-electron chi connectivity index (χ0n) is 25.0. The lowest BCUT2D eigenvalue weighted by Crippen LogP contribution is -2.46. The number of nitrogens with one attached hydrogen (secondary N) is 1. The number of anilines is 1. The van der Waals surface area contributed by atoms with Crippen LogP contribution in [0.15, 0.2) is 42.6 Å². The molecule has 1 saturated carbocycles. The van der Waals surface area contributed by atoms with Crippen molar-refractivity contribution in [3.63, 3.8) is 0 Å². The molecule has 0 radical (unpaired) electrons. The van der Waals surface area contributed by atoms with Gasteiger partial charge in [-0.15, -0.1) is 0 Å². The molecule has 5 rings (SSSR count). The Hall–Kier alpha value is -3.96. The van der Waals surface area contributed by atoms with E-state index < -0.39 is 64.8 Å². The Balaban J connectivity index is 1.60. The molecule has 45 heavy (non-hydrogen) atoms. The largest absolute Gasteiger partial charge is 0.390 e. The van der Waals surface area contributed by atoms with Gasteiger partial charge >= 0.3 is 0 Å². The van der Waals surface area contributed by atoms with Gasteiger partial charge < -0.3 is 15.3 Å². The van der Waals surface area contributed by atoms with Crippen molar-refractivity contribution in [3.05, 3.63) is 59.8 Å². The SMILES string of the molecule is CC(C)C(C#N)NC(=O)C1CC(F)(F)CCC1c1nn(-c2ccc(F)cn2)c(CO)c1-c1ccc(N2CCS(=O)(=O)CC2)cc1. The summed E-state index contributed by atoms with van der Waals surface area (Å²) in [6, 6.07) is 10.9. The molecule has 1 saturated heterocycles. The summed E-state index contributed by atoms with van der Waals surface area (Å²) < 4.78 is 68.6. The van der Waals surface area contributed by atoms with E-state index in [2.05, 4.69) is 10.3 Å². The fourth-order valence-corrected chi connectivity index (χ4v) is 7.23. The van der Waals surface area contributed by atoms with Crippen molar-refractivity contribution in [3.8, 4) is 23.0 Å². The molecule has 2 fully saturated rings. The van der Waals surface area contributed by atoms with Gasteiger partial charge in [0.15, 0.2) is 15.7 Å². The van der Waals surface area contributed by atoms with E-state index in [-0.39, 0.29) is 35.4 Å². The first-order valence-electron chi connectivity index (χ1n) is 14.8. The van der Waals surface area contributed by atoms with Crippen LogP contribution < -0.4 is 10.2 Å². The zero-order chi connectivity index (χ0) is 32.5. The van der Waals surface area contributed by atoms with Crippen LogP contribution in [0.3, 0.4) is 0 Å². The zero-order valence-corrected chi connectivity index (χ0v) is 25.8. The molecule has 0 spiro atoms. The monoisotopic (exact) mass is 644 g/mol. The van der Waals surface area contributed by atoms with E-state index in [0.29, 0.717) is 29.9 Å². The Morgan fingerprint density at radius 2 is 1.87 bits per heavy atom. The summed E-state index contributed by atoms with van der Waals surface area (Å²) in [6.45, 7) is 3.65. The van der Waals surface area contributed by atoms with Gasteiger partial charge in [0.05, 0.1) is 47.7 Å². The quantitative estimate of drug-likeness (QED) is 0.375. The number of amides is 1.